The molecule has 0 radical (unpaired) electrons. The summed E-state index contributed by atoms with van der Waals surface area (Å²) < 4.78 is 22.5. The highest BCUT2D eigenvalue weighted by molar-refractivity contribution is 6.07. The lowest BCUT2D eigenvalue weighted by Gasteiger charge is -2.30. The number of imidazole rings is 2. The van der Waals surface area contributed by atoms with E-state index in [2.05, 4.69) is 51.7 Å². The Hall–Kier alpha value is -5.63. The van der Waals surface area contributed by atoms with E-state index < -0.39 is 17.7 Å². The van der Waals surface area contributed by atoms with E-state index >= 15 is 0 Å². The molecule has 3 aromatic carbocycles. The number of piperidine rings is 1. The van der Waals surface area contributed by atoms with Crippen LogP contribution in [0.5, 0.6) is 5.75 Å². The molecule has 58 heavy (non-hydrogen) atoms. The predicted molar refractivity (Wildman–Crippen MR) is 217 cm³/mol. The van der Waals surface area contributed by atoms with Crippen molar-refractivity contribution in [2.75, 3.05) is 27.4 Å². The van der Waals surface area contributed by atoms with Crippen molar-refractivity contribution in [2.45, 2.75) is 90.3 Å². The summed E-state index contributed by atoms with van der Waals surface area (Å²) in [4.78, 5) is 60.0. The van der Waals surface area contributed by atoms with E-state index in [0.29, 0.717) is 37.9 Å². The van der Waals surface area contributed by atoms with Crippen molar-refractivity contribution < 1.29 is 33.3 Å². The van der Waals surface area contributed by atoms with E-state index in [1.807, 2.05) is 56.7 Å². The summed E-state index contributed by atoms with van der Waals surface area (Å²) in [6.07, 6.45) is 3.46. The number of ether oxygens (including phenoxy) is 4. The summed E-state index contributed by atoms with van der Waals surface area (Å²) in [5.41, 5.74) is 6.17. The van der Waals surface area contributed by atoms with Crippen LogP contribution in [0.1, 0.15) is 83.2 Å². The van der Waals surface area contributed by atoms with E-state index in [4.69, 9.17) is 28.9 Å². The molecular formula is C44H51N7O7. The maximum absolute atomic E-state index is 13.9. The third-order valence-corrected chi connectivity index (χ3v) is 12.1. The normalized spacial score (nSPS) is 22.7. The number of H-pyrrole nitrogens is 2. The van der Waals surface area contributed by atoms with Crippen LogP contribution in [-0.4, -0.2) is 92.9 Å². The standard InChI is InChI=1S/C44H51N7O7/c1-22(2)37(49-42(53)56-7)41(52)50-19-23(20-55-6)12-34(50)39-45-18-32(47-39)25-8-10-28-27(13-25)21-57-36-17-29-24(14-30(28)36)9-11-31-38(29)48-40(46-31)35-16-26-15-33(26)51(35)43(54)58-44(3,4)5/h8-11,13-14,17-18,22-23,26,33-35,37H,12,15-16,19-21H2,1-7H3,(H,45,47)(H,46,48)(H,49,53)/t23?,26?,33?,34?,35?,37-/m0/s1. The van der Waals surface area contributed by atoms with Crippen molar-refractivity contribution in [1.29, 1.82) is 0 Å². The van der Waals surface area contributed by atoms with Crippen LogP contribution in [0.25, 0.3) is 44.2 Å². The molecule has 3 aliphatic heterocycles. The molecule has 0 spiro atoms. The fraction of sp³-hybridized carbons (Fsp3) is 0.477. The molecular weight excluding hydrogens is 739 g/mol. The molecule has 5 unspecified atom stereocenters. The van der Waals surface area contributed by atoms with Gasteiger partial charge in [0, 0.05) is 36.6 Å². The number of likely N-dealkylation sites (tertiary alicyclic amines) is 2. The summed E-state index contributed by atoms with van der Waals surface area (Å²) >= 11 is 0. The number of hydrogen-bond donors (Lipinski definition) is 3. The molecule has 304 valence electrons. The fourth-order valence-corrected chi connectivity index (χ4v) is 9.23. The number of carbonyl (C=O) groups excluding carboxylic acids is 3. The lowest BCUT2D eigenvalue weighted by molar-refractivity contribution is -0.135. The molecule has 6 atom stereocenters. The second-order valence-corrected chi connectivity index (χ2v) is 17.6. The summed E-state index contributed by atoms with van der Waals surface area (Å²) in [7, 11) is 2.95. The summed E-state index contributed by atoms with van der Waals surface area (Å²) in [5, 5.41) is 4.80. The first-order chi connectivity index (χ1) is 27.8. The zero-order valence-electron chi connectivity index (χ0n) is 34.0. The molecule has 3 N–H and O–H groups in total. The molecule has 3 amide bonds. The van der Waals surface area contributed by atoms with E-state index in [1.54, 1.807) is 7.11 Å². The van der Waals surface area contributed by atoms with E-state index in [0.717, 1.165) is 74.2 Å². The largest absolute Gasteiger partial charge is 0.488 e. The number of carbonyl (C=O) groups is 3. The SMILES string of the molecule is COCC1CC(c2ncc(-c3ccc4c(c3)COc3cc5c(ccc6nc(C7CC8CC8N7C(=O)OC(C)(C)C)[nH]c65)cc3-4)[nH]2)N(C(=O)[C@@H](NC(=O)OC)C(C)C)C1. The average molecular weight is 790 g/mol. The van der Waals surface area contributed by atoms with Crippen LogP contribution < -0.4 is 10.1 Å². The van der Waals surface area contributed by atoms with Gasteiger partial charge in [0.2, 0.25) is 5.91 Å². The Kier molecular flexibility index (Phi) is 9.37. The van der Waals surface area contributed by atoms with Gasteiger partial charge in [0.1, 0.15) is 35.6 Å². The monoisotopic (exact) mass is 789 g/mol. The topological polar surface area (TPSA) is 164 Å². The van der Waals surface area contributed by atoms with Gasteiger partial charge in [0.15, 0.2) is 0 Å². The van der Waals surface area contributed by atoms with Gasteiger partial charge >= 0.3 is 12.2 Å². The van der Waals surface area contributed by atoms with Crippen LogP contribution >= 0.6 is 0 Å². The molecule has 9 rings (SSSR count). The third kappa shape index (κ3) is 6.80. The van der Waals surface area contributed by atoms with Crippen LogP contribution in [0.3, 0.4) is 0 Å². The molecule has 14 nitrogen and oxygen atoms in total. The molecule has 2 saturated heterocycles. The molecule has 5 aromatic rings. The first kappa shape index (κ1) is 37.9. The highest BCUT2D eigenvalue weighted by Crippen LogP contribution is 2.54. The Morgan fingerprint density at radius 3 is 2.57 bits per heavy atom. The molecule has 1 aliphatic carbocycles. The van der Waals surface area contributed by atoms with Crippen LogP contribution in [0.2, 0.25) is 0 Å². The Morgan fingerprint density at radius 1 is 0.983 bits per heavy atom. The zero-order valence-corrected chi connectivity index (χ0v) is 34.0. The predicted octanol–water partition coefficient (Wildman–Crippen LogP) is 7.65. The maximum atomic E-state index is 13.9. The van der Waals surface area contributed by atoms with E-state index in [9.17, 15) is 14.4 Å². The number of fused-ring (bicyclic) bond motifs is 7. The zero-order chi connectivity index (χ0) is 40.6. The van der Waals surface area contributed by atoms with Gasteiger partial charge in [0.25, 0.3) is 0 Å². The third-order valence-electron chi connectivity index (χ3n) is 12.1. The van der Waals surface area contributed by atoms with Crippen LogP contribution in [-0.2, 0) is 25.6 Å². The van der Waals surface area contributed by atoms with Crippen molar-refractivity contribution in [3.63, 3.8) is 0 Å². The second kappa shape index (κ2) is 14.3. The van der Waals surface area contributed by atoms with E-state index in [1.165, 1.54) is 7.11 Å². The van der Waals surface area contributed by atoms with Gasteiger partial charge in [-0.2, -0.15) is 0 Å². The number of hydrogen-bond acceptors (Lipinski definition) is 9. The second-order valence-electron chi connectivity index (χ2n) is 17.6. The molecule has 0 bridgehead atoms. The van der Waals surface area contributed by atoms with Gasteiger partial charge in [0.05, 0.1) is 48.7 Å². The number of benzene rings is 3. The minimum atomic E-state index is -0.742. The summed E-state index contributed by atoms with van der Waals surface area (Å²) in [5.74, 6) is 2.56. The first-order valence-electron chi connectivity index (χ1n) is 20.2. The number of alkyl carbamates (subject to hydrolysis) is 1. The minimum absolute atomic E-state index is 0.120. The van der Waals surface area contributed by atoms with Crippen molar-refractivity contribution in [2.24, 2.45) is 17.8 Å². The van der Waals surface area contributed by atoms with Gasteiger partial charge < -0.3 is 39.1 Å². The lowest BCUT2D eigenvalue weighted by Crippen LogP contribution is -2.51. The van der Waals surface area contributed by atoms with Crippen LogP contribution in [0, 0.1) is 17.8 Å². The fourth-order valence-electron chi connectivity index (χ4n) is 9.23. The van der Waals surface area contributed by atoms with Crippen LogP contribution in [0.15, 0.2) is 48.7 Å². The number of aromatic amines is 2. The van der Waals surface area contributed by atoms with Gasteiger partial charge in [-0.05, 0) is 98.2 Å². The van der Waals surface area contributed by atoms with Gasteiger partial charge in [-0.25, -0.2) is 19.6 Å². The number of methoxy groups -OCH3 is 2. The molecule has 4 aliphatic rings. The highest BCUT2D eigenvalue weighted by Gasteiger charge is 2.56. The average Bonchev–Trinajstić information content (AvgIpc) is 3.66. The Balaban J connectivity index is 0.975. The molecule has 14 heteroatoms. The number of aromatic nitrogens is 4. The Labute approximate surface area is 337 Å². The summed E-state index contributed by atoms with van der Waals surface area (Å²) in [6.45, 7) is 10.9. The molecule has 5 heterocycles. The van der Waals surface area contributed by atoms with Gasteiger partial charge in [-0.15, -0.1) is 0 Å². The number of nitrogens with one attached hydrogen (secondary N) is 3. The highest BCUT2D eigenvalue weighted by atomic mass is 16.6. The van der Waals surface area contributed by atoms with Crippen LogP contribution in [0.4, 0.5) is 9.59 Å². The van der Waals surface area contributed by atoms with Crippen molar-refractivity contribution >= 4 is 39.9 Å². The van der Waals surface area contributed by atoms with Crippen molar-refractivity contribution in [3.8, 4) is 28.1 Å². The molecule has 3 fully saturated rings. The number of rotatable bonds is 8. The molecule has 2 aromatic heterocycles. The van der Waals surface area contributed by atoms with Crippen molar-refractivity contribution in [1.82, 2.24) is 35.1 Å². The Morgan fingerprint density at radius 2 is 1.81 bits per heavy atom. The quantitative estimate of drug-likeness (QED) is 0.143. The van der Waals surface area contributed by atoms with E-state index in [-0.39, 0.29) is 42.0 Å². The smallest absolute Gasteiger partial charge is 0.411 e. The van der Waals surface area contributed by atoms with Gasteiger partial charge in [-0.1, -0.05) is 32.0 Å². The van der Waals surface area contributed by atoms with Gasteiger partial charge in [-0.3, -0.25) is 9.69 Å². The first-order valence-corrected chi connectivity index (χ1v) is 20.2. The molecule has 1 saturated carbocycles. The van der Waals surface area contributed by atoms with Crippen molar-refractivity contribution in [3.05, 3.63) is 65.9 Å². The lowest BCUT2D eigenvalue weighted by atomic mass is 9.92. The minimum Gasteiger partial charge on any atom is -0.488 e. The summed E-state index contributed by atoms with van der Waals surface area (Å²) in [6, 6.07) is 13.8. The maximum Gasteiger partial charge on any atom is 0.411 e. The number of amides is 3. The number of nitrogens with zero attached hydrogens (tertiary/aromatic N) is 4. The Bertz CT molecular complexity index is 2430.